The molecule has 3 rings (SSSR count). The SMILES string of the molecule is S=C(Nc1ccccc1Cl)N(CCC[NH+]1CCCCCC1)Cc1ccco1. The van der Waals surface area contributed by atoms with Crippen LogP contribution in [0.5, 0.6) is 0 Å². The molecule has 0 unspecified atom stereocenters. The lowest BCUT2D eigenvalue weighted by atomic mass is 10.2. The van der Waals surface area contributed by atoms with Crippen molar-refractivity contribution in [2.24, 2.45) is 0 Å². The summed E-state index contributed by atoms with van der Waals surface area (Å²) in [5, 5.41) is 4.66. The van der Waals surface area contributed by atoms with Gasteiger partial charge in [0.05, 0.1) is 43.2 Å². The van der Waals surface area contributed by atoms with Crippen molar-refractivity contribution in [3.63, 3.8) is 0 Å². The fourth-order valence-corrected chi connectivity index (χ4v) is 4.05. The molecule has 1 saturated heterocycles. The third kappa shape index (κ3) is 6.52. The quantitative estimate of drug-likeness (QED) is 0.681. The molecule has 6 heteroatoms. The highest BCUT2D eigenvalue weighted by Crippen LogP contribution is 2.21. The summed E-state index contributed by atoms with van der Waals surface area (Å²) in [4.78, 5) is 3.91. The van der Waals surface area contributed by atoms with Crippen molar-refractivity contribution >= 4 is 34.6 Å². The minimum Gasteiger partial charge on any atom is -0.467 e. The Morgan fingerprint density at radius 2 is 1.89 bits per heavy atom. The van der Waals surface area contributed by atoms with E-state index in [9.17, 15) is 0 Å². The van der Waals surface area contributed by atoms with Crippen LogP contribution in [0, 0.1) is 0 Å². The van der Waals surface area contributed by atoms with E-state index in [1.54, 1.807) is 11.2 Å². The number of anilines is 1. The van der Waals surface area contributed by atoms with Crippen LogP contribution in [0.2, 0.25) is 5.02 Å². The zero-order valence-corrected chi connectivity index (χ0v) is 17.3. The maximum absolute atomic E-state index is 6.27. The minimum absolute atomic E-state index is 0.665. The second kappa shape index (κ2) is 10.7. The number of thiocarbonyl (C=S) groups is 1. The van der Waals surface area contributed by atoms with Crippen LogP contribution >= 0.6 is 23.8 Å². The number of hydrogen-bond acceptors (Lipinski definition) is 2. The summed E-state index contributed by atoms with van der Waals surface area (Å²) in [6.07, 6.45) is 8.32. The summed E-state index contributed by atoms with van der Waals surface area (Å²) in [6.45, 7) is 5.38. The van der Waals surface area contributed by atoms with E-state index in [-0.39, 0.29) is 0 Å². The first kappa shape index (κ1) is 20.2. The molecule has 2 N–H and O–H groups in total. The highest BCUT2D eigenvalue weighted by Gasteiger charge is 2.16. The average molecular weight is 407 g/mol. The van der Waals surface area contributed by atoms with Gasteiger partial charge in [0, 0.05) is 13.0 Å². The molecule has 2 heterocycles. The molecule has 1 aliphatic heterocycles. The Kier molecular flexibility index (Phi) is 7.99. The second-order valence-corrected chi connectivity index (χ2v) is 7.97. The molecule has 146 valence electrons. The van der Waals surface area contributed by atoms with Gasteiger partial charge >= 0.3 is 0 Å². The molecule has 4 nitrogen and oxygen atoms in total. The highest BCUT2D eigenvalue weighted by molar-refractivity contribution is 7.80. The lowest BCUT2D eigenvalue weighted by Gasteiger charge is -2.26. The largest absolute Gasteiger partial charge is 0.467 e. The van der Waals surface area contributed by atoms with Crippen molar-refractivity contribution in [2.45, 2.75) is 38.6 Å². The number of hydrogen-bond donors (Lipinski definition) is 2. The average Bonchev–Trinajstić information content (AvgIpc) is 3.04. The predicted octanol–water partition coefficient (Wildman–Crippen LogP) is 3.98. The third-order valence-corrected chi connectivity index (χ3v) is 5.79. The van der Waals surface area contributed by atoms with E-state index in [1.807, 2.05) is 36.4 Å². The van der Waals surface area contributed by atoms with Crippen molar-refractivity contribution in [2.75, 3.05) is 31.5 Å². The molecule has 0 bridgehead atoms. The van der Waals surface area contributed by atoms with Gasteiger partial charge in [-0.3, -0.25) is 0 Å². The smallest absolute Gasteiger partial charge is 0.173 e. The number of nitrogens with one attached hydrogen (secondary N) is 2. The molecular weight excluding hydrogens is 378 g/mol. The highest BCUT2D eigenvalue weighted by atomic mass is 35.5. The van der Waals surface area contributed by atoms with Crippen LogP contribution in [0.15, 0.2) is 47.1 Å². The van der Waals surface area contributed by atoms with Gasteiger partial charge in [-0.2, -0.15) is 0 Å². The van der Waals surface area contributed by atoms with E-state index >= 15 is 0 Å². The molecule has 1 fully saturated rings. The monoisotopic (exact) mass is 406 g/mol. The number of benzene rings is 1. The lowest BCUT2D eigenvalue weighted by Crippen LogP contribution is -3.11. The Balaban J connectivity index is 1.58. The summed E-state index contributed by atoms with van der Waals surface area (Å²) in [7, 11) is 0. The van der Waals surface area contributed by atoms with E-state index < -0.39 is 0 Å². The van der Waals surface area contributed by atoms with Crippen molar-refractivity contribution in [1.29, 1.82) is 0 Å². The molecular formula is C21H29ClN3OS+. The molecule has 1 aromatic heterocycles. The Hall–Kier alpha value is -1.56. The number of halogens is 1. The van der Waals surface area contributed by atoms with Gasteiger partial charge in [-0.05, 0) is 62.2 Å². The summed E-state index contributed by atoms with van der Waals surface area (Å²) < 4.78 is 5.54. The summed E-state index contributed by atoms with van der Waals surface area (Å²) >= 11 is 12.0. The van der Waals surface area contributed by atoms with Gasteiger partial charge in [-0.1, -0.05) is 23.7 Å². The van der Waals surface area contributed by atoms with E-state index in [1.165, 1.54) is 45.3 Å². The van der Waals surface area contributed by atoms with Crippen LogP contribution in [-0.2, 0) is 6.54 Å². The standard InChI is InChI=1S/C21H28ClN3OS/c22-19-10-3-4-11-20(19)23-21(27)25(17-18-9-7-16-26-18)15-8-14-24-12-5-1-2-6-13-24/h3-4,7,9-11,16H,1-2,5-6,8,12-15,17H2,(H,23,27)/p+1. The fraction of sp³-hybridized carbons (Fsp3) is 0.476. The maximum atomic E-state index is 6.27. The summed E-state index contributed by atoms with van der Waals surface area (Å²) in [5.74, 6) is 0.917. The van der Waals surface area contributed by atoms with E-state index in [2.05, 4.69) is 10.2 Å². The van der Waals surface area contributed by atoms with Gasteiger partial charge in [-0.15, -0.1) is 0 Å². The van der Waals surface area contributed by atoms with Gasteiger partial charge in [0.1, 0.15) is 5.76 Å². The molecule has 0 spiro atoms. The number of likely N-dealkylation sites (tertiary alicyclic amines) is 1. The van der Waals surface area contributed by atoms with Gasteiger partial charge in [0.2, 0.25) is 0 Å². The van der Waals surface area contributed by atoms with Gasteiger partial charge in [-0.25, -0.2) is 0 Å². The van der Waals surface area contributed by atoms with E-state index in [0.29, 0.717) is 16.7 Å². The van der Waals surface area contributed by atoms with Crippen LogP contribution < -0.4 is 10.2 Å². The maximum Gasteiger partial charge on any atom is 0.173 e. The Labute approximate surface area is 172 Å². The topological polar surface area (TPSA) is 32.9 Å². The van der Waals surface area contributed by atoms with Gasteiger partial charge in [0.15, 0.2) is 5.11 Å². The molecule has 1 aromatic carbocycles. The normalized spacial score (nSPS) is 15.3. The Morgan fingerprint density at radius 1 is 1.11 bits per heavy atom. The fourth-order valence-electron chi connectivity index (χ4n) is 3.60. The van der Waals surface area contributed by atoms with Crippen LogP contribution in [0.3, 0.4) is 0 Å². The van der Waals surface area contributed by atoms with Crippen LogP contribution in [0.25, 0.3) is 0 Å². The van der Waals surface area contributed by atoms with Crippen LogP contribution in [0.4, 0.5) is 5.69 Å². The van der Waals surface area contributed by atoms with Crippen LogP contribution in [-0.4, -0.2) is 36.2 Å². The Morgan fingerprint density at radius 3 is 2.59 bits per heavy atom. The number of furan rings is 1. The van der Waals surface area contributed by atoms with Gasteiger partial charge < -0.3 is 19.5 Å². The van der Waals surface area contributed by atoms with E-state index in [0.717, 1.165) is 24.4 Å². The third-order valence-electron chi connectivity index (χ3n) is 5.10. The van der Waals surface area contributed by atoms with Crippen molar-refractivity contribution < 1.29 is 9.32 Å². The van der Waals surface area contributed by atoms with Gasteiger partial charge in [0.25, 0.3) is 0 Å². The lowest BCUT2D eigenvalue weighted by molar-refractivity contribution is -0.899. The Bertz CT molecular complexity index is 699. The number of quaternary nitrogens is 1. The summed E-state index contributed by atoms with van der Waals surface area (Å²) in [6, 6.07) is 11.6. The molecule has 0 radical (unpaired) electrons. The molecule has 27 heavy (non-hydrogen) atoms. The van der Waals surface area contributed by atoms with Crippen LogP contribution in [0.1, 0.15) is 37.9 Å². The number of rotatable bonds is 7. The molecule has 1 aliphatic rings. The first-order valence-electron chi connectivity index (χ1n) is 9.89. The number of nitrogens with zero attached hydrogens (tertiary/aromatic N) is 1. The van der Waals surface area contributed by atoms with Crippen molar-refractivity contribution in [3.05, 3.63) is 53.4 Å². The molecule has 0 saturated carbocycles. The molecule has 0 atom stereocenters. The van der Waals surface area contributed by atoms with Crippen molar-refractivity contribution in [1.82, 2.24) is 4.90 Å². The molecule has 0 amide bonds. The number of para-hydroxylation sites is 1. The zero-order chi connectivity index (χ0) is 18.9. The first-order valence-corrected chi connectivity index (χ1v) is 10.7. The van der Waals surface area contributed by atoms with Crippen molar-refractivity contribution in [3.8, 4) is 0 Å². The minimum atomic E-state index is 0.665. The van der Waals surface area contributed by atoms with E-state index in [4.69, 9.17) is 28.2 Å². The summed E-state index contributed by atoms with van der Waals surface area (Å²) in [5.41, 5.74) is 0.840. The second-order valence-electron chi connectivity index (χ2n) is 7.18. The molecule has 0 aliphatic carbocycles. The zero-order valence-electron chi connectivity index (χ0n) is 15.8. The predicted molar refractivity (Wildman–Crippen MR) is 115 cm³/mol. The molecule has 2 aromatic rings. The first-order chi connectivity index (χ1) is 13.2.